The van der Waals surface area contributed by atoms with Crippen molar-refractivity contribution < 1.29 is 38.5 Å². The number of rotatable bonds is 12. The van der Waals surface area contributed by atoms with Crippen LogP contribution in [0.3, 0.4) is 0 Å². The number of ether oxygens (including phenoxy) is 3. The highest BCUT2D eigenvalue weighted by Gasteiger charge is 2.36. The Bertz CT molecular complexity index is 2020. The SMILES string of the molecule is O=C(CC1CC=CCCC(NC(=O)OCC2c3ccccc3-c3ccccc32)C(=O)OCC2CCCN2C1=O)NC(CO)Cc1ccc(OCc2ccccc2)cc1. The van der Waals surface area contributed by atoms with Crippen LogP contribution in [0.5, 0.6) is 5.75 Å². The van der Waals surface area contributed by atoms with E-state index < -0.39 is 30.1 Å². The van der Waals surface area contributed by atoms with Crippen LogP contribution in [0.4, 0.5) is 4.79 Å². The van der Waals surface area contributed by atoms with Gasteiger partial charge in [-0.3, -0.25) is 9.59 Å². The predicted molar refractivity (Wildman–Crippen MR) is 219 cm³/mol. The zero-order valence-electron chi connectivity index (χ0n) is 32.6. The average molecular weight is 786 g/mol. The van der Waals surface area contributed by atoms with Crippen molar-refractivity contribution in [2.24, 2.45) is 5.92 Å². The van der Waals surface area contributed by atoms with Gasteiger partial charge in [0.25, 0.3) is 0 Å². The monoisotopic (exact) mass is 785 g/mol. The van der Waals surface area contributed by atoms with Crippen LogP contribution < -0.4 is 15.4 Å². The smallest absolute Gasteiger partial charge is 0.407 e. The Hall–Kier alpha value is -5.94. The van der Waals surface area contributed by atoms with Crippen molar-refractivity contribution in [1.29, 1.82) is 0 Å². The number of hydrogen-bond acceptors (Lipinski definition) is 8. The van der Waals surface area contributed by atoms with Crippen molar-refractivity contribution in [2.75, 3.05) is 26.4 Å². The summed E-state index contributed by atoms with van der Waals surface area (Å²) in [6, 6.07) is 31.8. The normalized spacial score (nSPS) is 19.9. The van der Waals surface area contributed by atoms with Crippen LogP contribution in [0.1, 0.15) is 66.7 Å². The van der Waals surface area contributed by atoms with Gasteiger partial charge in [0.1, 0.15) is 31.6 Å². The fourth-order valence-corrected chi connectivity index (χ4v) is 8.18. The highest BCUT2D eigenvalue weighted by Crippen LogP contribution is 2.44. The van der Waals surface area contributed by atoms with Gasteiger partial charge in [-0.25, -0.2) is 9.59 Å². The lowest BCUT2D eigenvalue weighted by atomic mass is 9.97. The third-order valence-electron chi connectivity index (χ3n) is 11.2. The number of benzene rings is 4. The fourth-order valence-electron chi connectivity index (χ4n) is 8.18. The number of carbonyl (C=O) groups is 4. The maximum Gasteiger partial charge on any atom is 0.407 e. The number of amides is 3. The first-order chi connectivity index (χ1) is 28.4. The van der Waals surface area contributed by atoms with E-state index in [2.05, 4.69) is 22.8 Å². The summed E-state index contributed by atoms with van der Waals surface area (Å²) < 4.78 is 17.4. The number of allylic oxidation sites excluding steroid dienone is 2. The number of aliphatic hydroxyl groups is 1. The number of hydrogen-bond donors (Lipinski definition) is 3. The third-order valence-corrected chi connectivity index (χ3v) is 11.2. The quantitative estimate of drug-likeness (QED) is 0.110. The van der Waals surface area contributed by atoms with Crippen LogP contribution in [0.15, 0.2) is 115 Å². The summed E-state index contributed by atoms with van der Waals surface area (Å²) in [6.07, 6.45) is 5.78. The molecule has 4 aromatic rings. The van der Waals surface area contributed by atoms with Gasteiger partial charge in [0.15, 0.2) is 0 Å². The first kappa shape index (κ1) is 40.3. The van der Waals surface area contributed by atoms with Gasteiger partial charge in [-0.2, -0.15) is 0 Å². The highest BCUT2D eigenvalue weighted by molar-refractivity contribution is 5.87. The summed E-state index contributed by atoms with van der Waals surface area (Å²) in [7, 11) is 0. The van der Waals surface area contributed by atoms with Gasteiger partial charge in [-0.15, -0.1) is 0 Å². The summed E-state index contributed by atoms with van der Waals surface area (Å²) in [4.78, 5) is 55.6. The molecule has 4 unspecified atom stereocenters. The number of nitrogens with one attached hydrogen (secondary N) is 2. The molecule has 1 aliphatic carbocycles. The Balaban J connectivity index is 0.930. The molecule has 3 N–H and O–H groups in total. The lowest BCUT2D eigenvalue weighted by Crippen LogP contribution is -2.46. The highest BCUT2D eigenvalue weighted by atomic mass is 16.6. The Morgan fingerprint density at radius 3 is 2.28 bits per heavy atom. The Morgan fingerprint density at radius 1 is 0.845 bits per heavy atom. The van der Waals surface area contributed by atoms with Crippen molar-refractivity contribution in [1.82, 2.24) is 15.5 Å². The topological polar surface area (TPSA) is 143 Å². The molecule has 4 aromatic carbocycles. The van der Waals surface area contributed by atoms with E-state index in [0.29, 0.717) is 38.8 Å². The van der Waals surface area contributed by atoms with Gasteiger partial charge in [0.2, 0.25) is 11.8 Å². The minimum absolute atomic E-state index is 0.0114. The first-order valence-corrected chi connectivity index (χ1v) is 20.3. The van der Waals surface area contributed by atoms with Gasteiger partial charge in [-0.05, 0) is 84.0 Å². The van der Waals surface area contributed by atoms with E-state index in [1.54, 1.807) is 4.90 Å². The molecule has 0 spiro atoms. The largest absolute Gasteiger partial charge is 0.489 e. The standard InChI is InChI=1S/C47H51N3O8/c51-28-35(26-32-21-23-37(24-22-32)56-29-33-12-3-1-4-13-33)48-44(52)27-34-14-5-2-6-20-43(46(54)57-30-36-15-11-25-50(36)45(34)53)49-47(55)58-31-42-40-18-9-7-16-38(40)39-17-8-10-19-41(39)42/h1-5,7-10,12-13,16-19,21-24,34-36,42-43,51H,6,11,14-15,20,25-31H2,(H,48,52)(H,49,55). The molecule has 11 nitrogen and oxygen atoms in total. The second-order valence-electron chi connectivity index (χ2n) is 15.2. The van der Waals surface area contributed by atoms with Crippen LogP contribution in [0.25, 0.3) is 11.1 Å². The summed E-state index contributed by atoms with van der Waals surface area (Å²) in [5, 5.41) is 15.8. The van der Waals surface area contributed by atoms with Crippen LogP contribution in [0.2, 0.25) is 0 Å². The first-order valence-electron chi connectivity index (χ1n) is 20.3. The van der Waals surface area contributed by atoms with Crippen LogP contribution in [-0.4, -0.2) is 78.4 Å². The van der Waals surface area contributed by atoms with E-state index >= 15 is 0 Å². The molecule has 0 saturated carbocycles. The Morgan fingerprint density at radius 2 is 1.55 bits per heavy atom. The predicted octanol–water partition coefficient (Wildman–Crippen LogP) is 6.47. The molecule has 7 rings (SSSR count). The summed E-state index contributed by atoms with van der Waals surface area (Å²) in [5.41, 5.74) is 6.42. The maximum absolute atomic E-state index is 13.9. The number of esters is 1. The van der Waals surface area contributed by atoms with Crippen molar-refractivity contribution >= 4 is 23.9 Å². The maximum atomic E-state index is 13.9. The lowest BCUT2D eigenvalue weighted by molar-refractivity contribution is -0.150. The fraction of sp³-hybridized carbons (Fsp3) is 0.362. The lowest BCUT2D eigenvalue weighted by Gasteiger charge is -2.29. The minimum atomic E-state index is -0.943. The van der Waals surface area contributed by atoms with E-state index in [1.807, 2.05) is 103 Å². The molecule has 0 radical (unpaired) electrons. The van der Waals surface area contributed by atoms with Crippen molar-refractivity contribution in [3.05, 3.63) is 138 Å². The van der Waals surface area contributed by atoms with Gasteiger partial charge < -0.3 is 34.9 Å². The van der Waals surface area contributed by atoms with Crippen LogP contribution in [-0.2, 0) is 36.9 Å². The second kappa shape index (κ2) is 19.5. The molecule has 2 heterocycles. The van der Waals surface area contributed by atoms with E-state index in [1.165, 1.54) is 0 Å². The van der Waals surface area contributed by atoms with Crippen LogP contribution >= 0.6 is 0 Å². The van der Waals surface area contributed by atoms with E-state index in [0.717, 1.165) is 45.6 Å². The average Bonchev–Trinajstić information content (AvgIpc) is 3.85. The van der Waals surface area contributed by atoms with E-state index in [9.17, 15) is 24.3 Å². The zero-order valence-corrected chi connectivity index (χ0v) is 32.6. The number of alkyl carbamates (subject to hydrolysis) is 1. The van der Waals surface area contributed by atoms with Crippen molar-refractivity contribution in [2.45, 2.75) is 75.6 Å². The molecule has 0 bridgehead atoms. The summed E-state index contributed by atoms with van der Waals surface area (Å²) in [5.74, 6) is -1.11. The molecule has 2 aliphatic heterocycles. The zero-order chi connectivity index (χ0) is 40.3. The summed E-state index contributed by atoms with van der Waals surface area (Å²) >= 11 is 0. The van der Waals surface area contributed by atoms with Crippen LogP contribution in [0, 0.1) is 5.92 Å². The van der Waals surface area contributed by atoms with Gasteiger partial charge in [-0.1, -0.05) is 103 Å². The van der Waals surface area contributed by atoms with Gasteiger partial charge in [0, 0.05) is 18.9 Å². The Labute approximate surface area is 339 Å². The Kier molecular flexibility index (Phi) is 13.5. The van der Waals surface area contributed by atoms with E-state index in [4.69, 9.17) is 14.2 Å². The summed E-state index contributed by atoms with van der Waals surface area (Å²) in [6.45, 7) is 0.792. The van der Waals surface area contributed by atoms with Crippen molar-refractivity contribution in [3.63, 3.8) is 0 Å². The molecular weight excluding hydrogens is 735 g/mol. The van der Waals surface area contributed by atoms with Crippen molar-refractivity contribution in [3.8, 4) is 16.9 Å². The molecule has 3 amide bonds. The van der Waals surface area contributed by atoms with Gasteiger partial charge >= 0.3 is 12.1 Å². The molecule has 1 fully saturated rings. The number of fused-ring (bicyclic) bond motifs is 4. The third kappa shape index (κ3) is 10.1. The number of cyclic esters (lactones) is 1. The molecule has 3 aliphatic rings. The molecule has 0 aromatic heterocycles. The molecule has 4 atom stereocenters. The number of aliphatic hydroxyl groups excluding tert-OH is 1. The second-order valence-corrected chi connectivity index (χ2v) is 15.2. The van der Waals surface area contributed by atoms with E-state index in [-0.39, 0.29) is 56.4 Å². The van der Waals surface area contributed by atoms with Gasteiger partial charge in [0.05, 0.1) is 24.6 Å². The molecule has 11 heteroatoms. The number of nitrogens with zero attached hydrogens (tertiary/aromatic N) is 1. The number of carbonyl (C=O) groups excluding carboxylic acids is 4. The molecule has 1 saturated heterocycles. The molecule has 302 valence electrons. The molecular formula is C47H51N3O8. The minimum Gasteiger partial charge on any atom is -0.489 e. The molecule has 58 heavy (non-hydrogen) atoms.